The van der Waals surface area contributed by atoms with Crippen LogP contribution in [0.1, 0.15) is 22.6 Å². The summed E-state index contributed by atoms with van der Waals surface area (Å²) in [6.45, 7) is 0. The highest BCUT2D eigenvalue weighted by Crippen LogP contribution is 2.38. The van der Waals surface area contributed by atoms with Gasteiger partial charge in [-0.25, -0.2) is 0 Å². The summed E-state index contributed by atoms with van der Waals surface area (Å²) in [6.07, 6.45) is 0. The molecule has 0 aromatic heterocycles. The van der Waals surface area contributed by atoms with Crippen molar-refractivity contribution >= 4 is 5.69 Å². The maximum Gasteiger partial charge on any atom is 0.277 e. The average molecular weight is 442 g/mol. The third kappa shape index (κ3) is 4.37. The molecule has 164 valence electrons. The second kappa shape index (κ2) is 9.55. The van der Waals surface area contributed by atoms with Crippen LogP contribution in [0.2, 0.25) is 0 Å². The lowest BCUT2D eigenvalue weighted by atomic mass is 9.83. The number of rotatable bonds is 6. The van der Waals surface area contributed by atoms with Crippen LogP contribution >= 0.6 is 0 Å². The summed E-state index contributed by atoms with van der Waals surface area (Å²) in [4.78, 5) is 11.5. The molecule has 0 aliphatic heterocycles. The Kier molecular flexibility index (Phi) is 6.00. The minimum atomic E-state index is -0.307. The molecule has 5 rings (SSSR count). The van der Waals surface area contributed by atoms with Gasteiger partial charge in [0.25, 0.3) is 5.69 Å². The fourth-order valence-corrected chi connectivity index (χ4v) is 4.46. The fourth-order valence-electron chi connectivity index (χ4n) is 4.46. The van der Waals surface area contributed by atoms with Gasteiger partial charge >= 0.3 is 0 Å². The topological polar surface area (TPSA) is 43.1 Å². The lowest BCUT2D eigenvalue weighted by molar-refractivity contribution is -0.384. The van der Waals surface area contributed by atoms with Gasteiger partial charge in [-0.1, -0.05) is 121 Å². The van der Waals surface area contributed by atoms with Crippen molar-refractivity contribution in [2.45, 2.75) is 5.92 Å². The SMILES string of the molecule is O=[N+]([O-])c1ccc(C(c2ccccc2)c2ccc(-c3ccccc3)cc2)cc1-c1ccccc1. The molecule has 3 heteroatoms. The number of hydrogen-bond donors (Lipinski definition) is 0. The number of nitrogens with zero attached hydrogens (tertiary/aromatic N) is 1. The molecule has 0 spiro atoms. The van der Waals surface area contributed by atoms with Crippen molar-refractivity contribution in [2.75, 3.05) is 0 Å². The molecule has 0 bridgehead atoms. The molecule has 34 heavy (non-hydrogen) atoms. The van der Waals surface area contributed by atoms with Crippen molar-refractivity contribution < 1.29 is 4.92 Å². The Bertz CT molecular complexity index is 1400. The second-order valence-corrected chi connectivity index (χ2v) is 8.23. The van der Waals surface area contributed by atoms with E-state index in [0.29, 0.717) is 5.56 Å². The fraction of sp³-hybridized carbons (Fsp3) is 0.0323. The Labute approximate surface area is 199 Å². The molecular weight excluding hydrogens is 418 g/mol. The smallest absolute Gasteiger partial charge is 0.258 e. The van der Waals surface area contributed by atoms with Crippen LogP contribution in [-0.4, -0.2) is 4.92 Å². The van der Waals surface area contributed by atoms with E-state index in [4.69, 9.17) is 0 Å². The number of nitro groups is 1. The van der Waals surface area contributed by atoms with E-state index in [0.717, 1.165) is 27.8 Å². The molecule has 1 unspecified atom stereocenters. The van der Waals surface area contributed by atoms with Gasteiger partial charge in [0.1, 0.15) is 0 Å². The van der Waals surface area contributed by atoms with Crippen LogP contribution in [-0.2, 0) is 0 Å². The Morgan fingerprint density at radius 3 is 1.56 bits per heavy atom. The van der Waals surface area contributed by atoms with Crippen LogP contribution in [0.5, 0.6) is 0 Å². The van der Waals surface area contributed by atoms with E-state index in [-0.39, 0.29) is 16.5 Å². The Morgan fingerprint density at radius 2 is 0.971 bits per heavy atom. The number of benzene rings is 5. The van der Waals surface area contributed by atoms with Crippen molar-refractivity contribution in [2.24, 2.45) is 0 Å². The van der Waals surface area contributed by atoms with Crippen molar-refractivity contribution in [1.82, 2.24) is 0 Å². The van der Waals surface area contributed by atoms with Crippen LogP contribution in [0.3, 0.4) is 0 Å². The summed E-state index contributed by atoms with van der Waals surface area (Å²) in [6, 6.07) is 44.2. The van der Waals surface area contributed by atoms with E-state index in [2.05, 4.69) is 48.5 Å². The molecular formula is C31H23NO2. The van der Waals surface area contributed by atoms with Crippen LogP contribution in [0.25, 0.3) is 22.3 Å². The molecule has 0 aliphatic carbocycles. The molecule has 0 fully saturated rings. The molecule has 0 radical (unpaired) electrons. The zero-order chi connectivity index (χ0) is 23.3. The Balaban J connectivity index is 1.63. The number of hydrogen-bond acceptors (Lipinski definition) is 2. The molecule has 1 atom stereocenters. The third-order valence-electron chi connectivity index (χ3n) is 6.12. The van der Waals surface area contributed by atoms with E-state index in [1.54, 1.807) is 6.07 Å². The van der Waals surface area contributed by atoms with Gasteiger partial charge in [0.05, 0.1) is 10.5 Å². The molecule has 0 heterocycles. The lowest BCUT2D eigenvalue weighted by Gasteiger charge is -2.20. The molecule has 0 saturated heterocycles. The van der Waals surface area contributed by atoms with Crippen molar-refractivity contribution in [3.8, 4) is 22.3 Å². The molecule has 0 N–H and O–H groups in total. The van der Waals surface area contributed by atoms with Crippen molar-refractivity contribution in [3.63, 3.8) is 0 Å². The average Bonchev–Trinajstić information content (AvgIpc) is 2.91. The first-order valence-corrected chi connectivity index (χ1v) is 11.2. The molecule has 5 aromatic carbocycles. The highest BCUT2D eigenvalue weighted by Gasteiger charge is 2.22. The van der Waals surface area contributed by atoms with Gasteiger partial charge in [-0.2, -0.15) is 0 Å². The monoisotopic (exact) mass is 441 g/mol. The van der Waals surface area contributed by atoms with Gasteiger partial charge in [-0.15, -0.1) is 0 Å². The first-order chi connectivity index (χ1) is 16.7. The van der Waals surface area contributed by atoms with Crippen LogP contribution in [0, 0.1) is 10.1 Å². The maximum absolute atomic E-state index is 11.8. The lowest BCUT2D eigenvalue weighted by Crippen LogP contribution is -2.04. The first kappa shape index (κ1) is 21.4. The summed E-state index contributed by atoms with van der Waals surface area (Å²) < 4.78 is 0. The Morgan fingerprint density at radius 1 is 0.500 bits per heavy atom. The second-order valence-electron chi connectivity index (χ2n) is 8.23. The summed E-state index contributed by atoms with van der Waals surface area (Å²) in [5, 5.41) is 11.8. The van der Waals surface area contributed by atoms with Crippen LogP contribution < -0.4 is 0 Å². The van der Waals surface area contributed by atoms with E-state index >= 15 is 0 Å². The van der Waals surface area contributed by atoms with Crippen LogP contribution in [0.15, 0.2) is 133 Å². The molecule has 0 amide bonds. The normalized spacial score (nSPS) is 11.6. The van der Waals surface area contributed by atoms with E-state index in [1.807, 2.05) is 78.9 Å². The summed E-state index contributed by atoms with van der Waals surface area (Å²) >= 11 is 0. The highest BCUT2D eigenvalue weighted by molar-refractivity contribution is 5.75. The Hall–Kier alpha value is -4.50. The minimum absolute atomic E-state index is 0.0470. The van der Waals surface area contributed by atoms with E-state index < -0.39 is 0 Å². The predicted molar refractivity (Wildman–Crippen MR) is 138 cm³/mol. The van der Waals surface area contributed by atoms with Crippen molar-refractivity contribution in [1.29, 1.82) is 0 Å². The molecule has 0 saturated carbocycles. The van der Waals surface area contributed by atoms with Gasteiger partial charge in [-0.05, 0) is 39.4 Å². The van der Waals surface area contributed by atoms with E-state index in [1.165, 1.54) is 5.56 Å². The summed E-state index contributed by atoms with van der Waals surface area (Å²) in [5.41, 5.74) is 7.20. The summed E-state index contributed by atoms with van der Waals surface area (Å²) in [5.74, 6) is -0.0470. The standard InChI is InChI=1S/C31H23NO2/c33-32(34)30-21-20-28(22-29(30)25-12-6-2-7-13-25)31(26-14-8-3-9-15-26)27-18-16-24(17-19-27)23-10-4-1-5-11-23/h1-22,31H. The van der Waals surface area contributed by atoms with Gasteiger partial charge in [-0.3, -0.25) is 10.1 Å². The summed E-state index contributed by atoms with van der Waals surface area (Å²) in [7, 11) is 0. The minimum Gasteiger partial charge on any atom is -0.258 e. The van der Waals surface area contributed by atoms with Crippen LogP contribution in [0.4, 0.5) is 5.69 Å². The zero-order valence-electron chi connectivity index (χ0n) is 18.5. The predicted octanol–water partition coefficient (Wildman–Crippen LogP) is 8.11. The van der Waals surface area contributed by atoms with Gasteiger partial charge < -0.3 is 0 Å². The highest BCUT2D eigenvalue weighted by atomic mass is 16.6. The first-order valence-electron chi connectivity index (χ1n) is 11.2. The van der Waals surface area contributed by atoms with Crippen molar-refractivity contribution in [3.05, 3.63) is 160 Å². The van der Waals surface area contributed by atoms with Gasteiger partial charge in [0.15, 0.2) is 0 Å². The third-order valence-corrected chi connectivity index (χ3v) is 6.12. The number of nitro benzene ring substituents is 1. The van der Waals surface area contributed by atoms with Gasteiger partial charge in [0.2, 0.25) is 0 Å². The molecule has 5 aromatic rings. The molecule has 0 aliphatic rings. The maximum atomic E-state index is 11.8. The quantitative estimate of drug-likeness (QED) is 0.152. The molecule has 3 nitrogen and oxygen atoms in total. The van der Waals surface area contributed by atoms with Gasteiger partial charge in [0, 0.05) is 12.0 Å². The zero-order valence-corrected chi connectivity index (χ0v) is 18.5. The largest absolute Gasteiger partial charge is 0.277 e. The van der Waals surface area contributed by atoms with E-state index in [9.17, 15) is 10.1 Å².